The van der Waals surface area contributed by atoms with Crippen molar-refractivity contribution in [2.75, 3.05) is 26.2 Å². The van der Waals surface area contributed by atoms with Crippen molar-refractivity contribution in [3.63, 3.8) is 0 Å². The van der Waals surface area contributed by atoms with Crippen molar-refractivity contribution >= 4 is 23.8 Å². The standard InChI is InChI=1S/C10H16N4O5/c11-7(15)4-14(5-8(12)16)10(19)13-2-6(3-13)1-9(17)18/h6H,1-5H2,(H2,11,15)(H2,12,16)(H,17,18). The summed E-state index contributed by atoms with van der Waals surface area (Å²) in [6.07, 6.45) is -0.0184. The van der Waals surface area contributed by atoms with E-state index in [-0.39, 0.29) is 25.4 Å². The van der Waals surface area contributed by atoms with Crippen molar-refractivity contribution in [1.82, 2.24) is 9.80 Å². The van der Waals surface area contributed by atoms with Crippen LogP contribution in [0.2, 0.25) is 0 Å². The van der Waals surface area contributed by atoms with E-state index in [1.54, 1.807) is 0 Å². The second kappa shape index (κ2) is 6.03. The van der Waals surface area contributed by atoms with Gasteiger partial charge in [0.25, 0.3) is 0 Å². The minimum Gasteiger partial charge on any atom is -0.481 e. The van der Waals surface area contributed by atoms with Crippen LogP contribution < -0.4 is 11.5 Å². The van der Waals surface area contributed by atoms with Crippen LogP contribution in [0, 0.1) is 5.92 Å². The molecule has 9 nitrogen and oxygen atoms in total. The van der Waals surface area contributed by atoms with Crippen LogP contribution in [0.3, 0.4) is 0 Å². The Hall–Kier alpha value is -2.32. The van der Waals surface area contributed by atoms with Crippen LogP contribution in [0.25, 0.3) is 0 Å². The highest BCUT2D eigenvalue weighted by molar-refractivity contribution is 5.87. The predicted octanol–water partition coefficient (Wildman–Crippen LogP) is -2.21. The Morgan fingerprint density at radius 3 is 1.95 bits per heavy atom. The maximum absolute atomic E-state index is 11.9. The predicted molar refractivity (Wildman–Crippen MR) is 62.7 cm³/mol. The van der Waals surface area contributed by atoms with E-state index in [0.29, 0.717) is 0 Å². The first-order valence-corrected chi connectivity index (χ1v) is 5.61. The average Bonchev–Trinajstić information content (AvgIpc) is 2.19. The molecule has 0 aromatic carbocycles. The molecule has 0 aromatic heterocycles. The van der Waals surface area contributed by atoms with E-state index in [4.69, 9.17) is 16.6 Å². The fraction of sp³-hybridized carbons (Fsp3) is 0.600. The summed E-state index contributed by atoms with van der Waals surface area (Å²) in [6.45, 7) is -0.248. The molecular formula is C10H16N4O5. The number of carboxylic acids is 1. The number of aliphatic carboxylic acids is 1. The van der Waals surface area contributed by atoms with Gasteiger partial charge < -0.3 is 26.4 Å². The highest BCUT2D eigenvalue weighted by Gasteiger charge is 2.35. The molecule has 5 N–H and O–H groups in total. The summed E-state index contributed by atoms with van der Waals surface area (Å²) in [6, 6.07) is -0.542. The molecule has 1 saturated heterocycles. The third kappa shape index (κ3) is 4.45. The van der Waals surface area contributed by atoms with Gasteiger partial charge in [0.05, 0.1) is 6.42 Å². The van der Waals surface area contributed by atoms with Gasteiger partial charge in [0.15, 0.2) is 0 Å². The first-order chi connectivity index (χ1) is 8.79. The minimum absolute atomic E-state index is 0.0184. The van der Waals surface area contributed by atoms with Crippen molar-refractivity contribution in [2.24, 2.45) is 17.4 Å². The van der Waals surface area contributed by atoms with Crippen molar-refractivity contribution < 1.29 is 24.3 Å². The summed E-state index contributed by atoms with van der Waals surface area (Å²) < 4.78 is 0. The van der Waals surface area contributed by atoms with Crippen molar-refractivity contribution in [1.29, 1.82) is 0 Å². The molecule has 0 bridgehead atoms. The van der Waals surface area contributed by atoms with E-state index in [0.717, 1.165) is 4.90 Å². The summed E-state index contributed by atoms with van der Waals surface area (Å²) in [5.74, 6) is -2.54. The summed E-state index contributed by atoms with van der Waals surface area (Å²) in [4.78, 5) is 46.3. The lowest BCUT2D eigenvalue weighted by Gasteiger charge is -2.40. The Morgan fingerprint density at radius 2 is 1.58 bits per heavy atom. The number of likely N-dealkylation sites (tertiary alicyclic amines) is 1. The Kier molecular flexibility index (Phi) is 4.67. The zero-order valence-electron chi connectivity index (χ0n) is 10.2. The van der Waals surface area contributed by atoms with Gasteiger partial charge in [0, 0.05) is 19.0 Å². The molecule has 0 unspecified atom stereocenters. The van der Waals surface area contributed by atoms with Gasteiger partial charge in [-0.3, -0.25) is 14.4 Å². The molecule has 0 aliphatic carbocycles. The Labute approximate surface area is 109 Å². The Balaban J connectivity index is 2.51. The normalized spacial score (nSPS) is 14.6. The summed E-state index contributed by atoms with van der Waals surface area (Å²) in [5, 5.41) is 8.58. The smallest absolute Gasteiger partial charge is 0.320 e. The number of carbonyl (C=O) groups excluding carboxylic acids is 3. The molecule has 0 saturated carbocycles. The molecule has 0 atom stereocenters. The highest BCUT2D eigenvalue weighted by Crippen LogP contribution is 2.20. The van der Waals surface area contributed by atoms with Crippen LogP contribution >= 0.6 is 0 Å². The van der Waals surface area contributed by atoms with Gasteiger partial charge in [0.1, 0.15) is 13.1 Å². The van der Waals surface area contributed by atoms with Gasteiger partial charge in [0.2, 0.25) is 11.8 Å². The molecule has 1 aliphatic heterocycles. The maximum Gasteiger partial charge on any atom is 0.320 e. The zero-order valence-corrected chi connectivity index (χ0v) is 10.2. The Morgan fingerprint density at radius 1 is 1.11 bits per heavy atom. The molecule has 0 aromatic rings. The van der Waals surface area contributed by atoms with Crippen LogP contribution in [-0.4, -0.2) is 64.9 Å². The number of carboxylic acid groups (broad SMARTS) is 1. The molecule has 1 aliphatic rings. The van der Waals surface area contributed by atoms with Crippen LogP contribution in [0.15, 0.2) is 0 Å². The second-order valence-electron chi connectivity index (χ2n) is 4.44. The molecule has 19 heavy (non-hydrogen) atoms. The van der Waals surface area contributed by atoms with E-state index in [9.17, 15) is 19.2 Å². The molecule has 9 heteroatoms. The number of amides is 4. The third-order valence-electron chi connectivity index (χ3n) is 2.65. The fourth-order valence-corrected chi connectivity index (χ4v) is 1.87. The molecule has 0 radical (unpaired) electrons. The Bertz CT molecular complexity index is 389. The highest BCUT2D eigenvalue weighted by atomic mass is 16.4. The quantitative estimate of drug-likeness (QED) is 0.501. The average molecular weight is 272 g/mol. The summed E-state index contributed by atoms with van der Waals surface area (Å²) in [5.41, 5.74) is 9.96. The van der Waals surface area contributed by atoms with Crippen LogP contribution in [0.4, 0.5) is 4.79 Å². The van der Waals surface area contributed by atoms with E-state index < -0.39 is 36.9 Å². The third-order valence-corrected chi connectivity index (χ3v) is 2.65. The molecule has 1 heterocycles. The molecule has 1 fully saturated rings. The van der Waals surface area contributed by atoms with Crippen molar-refractivity contribution in [2.45, 2.75) is 6.42 Å². The minimum atomic E-state index is -0.928. The lowest BCUT2D eigenvalue weighted by Crippen LogP contribution is -2.57. The summed E-state index contributed by atoms with van der Waals surface area (Å²) in [7, 11) is 0. The van der Waals surface area contributed by atoms with E-state index in [1.807, 2.05) is 0 Å². The maximum atomic E-state index is 11.9. The topological polar surface area (TPSA) is 147 Å². The van der Waals surface area contributed by atoms with Crippen LogP contribution in [0.5, 0.6) is 0 Å². The van der Waals surface area contributed by atoms with Crippen LogP contribution in [0.1, 0.15) is 6.42 Å². The van der Waals surface area contributed by atoms with E-state index in [1.165, 1.54) is 4.90 Å². The number of urea groups is 1. The monoisotopic (exact) mass is 272 g/mol. The van der Waals surface area contributed by atoms with Gasteiger partial charge in [-0.2, -0.15) is 0 Å². The lowest BCUT2D eigenvalue weighted by atomic mass is 9.97. The zero-order chi connectivity index (χ0) is 14.6. The van der Waals surface area contributed by atoms with Crippen molar-refractivity contribution in [3.8, 4) is 0 Å². The van der Waals surface area contributed by atoms with Gasteiger partial charge in [-0.05, 0) is 0 Å². The van der Waals surface area contributed by atoms with Gasteiger partial charge in [-0.25, -0.2) is 4.79 Å². The van der Waals surface area contributed by atoms with E-state index >= 15 is 0 Å². The van der Waals surface area contributed by atoms with E-state index in [2.05, 4.69) is 0 Å². The number of rotatable bonds is 6. The number of nitrogens with zero attached hydrogens (tertiary/aromatic N) is 2. The molecule has 4 amide bonds. The summed E-state index contributed by atoms with van der Waals surface area (Å²) >= 11 is 0. The second-order valence-corrected chi connectivity index (χ2v) is 4.44. The molecule has 106 valence electrons. The first-order valence-electron chi connectivity index (χ1n) is 5.61. The first kappa shape index (κ1) is 14.7. The molecule has 1 rings (SSSR count). The number of carbonyl (C=O) groups is 4. The number of hydrogen-bond donors (Lipinski definition) is 3. The molecular weight excluding hydrogens is 256 g/mol. The van der Waals surface area contributed by atoms with Gasteiger partial charge in [-0.1, -0.05) is 0 Å². The van der Waals surface area contributed by atoms with Gasteiger partial charge >= 0.3 is 12.0 Å². The number of hydrogen-bond acceptors (Lipinski definition) is 4. The van der Waals surface area contributed by atoms with Crippen molar-refractivity contribution in [3.05, 3.63) is 0 Å². The molecule has 0 spiro atoms. The number of nitrogens with two attached hydrogens (primary N) is 2. The fourth-order valence-electron chi connectivity index (χ4n) is 1.87. The number of primary amides is 2. The van der Waals surface area contributed by atoms with Crippen LogP contribution in [-0.2, 0) is 14.4 Å². The lowest BCUT2D eigenvalue weighted by molar-refractivity contribution is -0.139. The van der Waals surface area contributed by atoms with Gasteiger partial charge in [-0.15, -0.1) is 0 Å². The SMILES string of the molecule is NC(=O)CN(CC(N)=O)C(=O)N1CC(CC(=O)O)C1. The largest absolute Gasteiger partial charge is 0.481 e.